The van der Waals surface area contributed by atoms with Crippen molar-refractivity contribution in [3.63, 3.8) is 0 Å². The largest absolute Gasteiger partial charge is 0.493 e. The predicted octanol–water partition coefficient (Wildman–Crippen LogP) is 2.06. The van der Waals surface area contributed by atoms with Crippen LogP contribution in [-0.2, 0) is 0 Å². The minimum absolute atomic E-state index is 0.236. The highest BCUT2D eigenvalue weighted by Gasteiger charge is 2.01. The van der Waals surface area contributed by atoms with Gasteiger partial charge in [-0.15, -0.1) is 0 Å². The van der Waals surface area contributed by atoms with Gasteiger partial charge in [-0.05, 0) is 31.3 Å². The second kappa shape index (κ2) is 5.60. The first kappa shape index (κ1) is 11.0. The summed E-state index contributed by atoms with van der Waals surface area (Å²) in [7, 11) is 1.91. The summed E-state index contributed by atoms with van der Waals surface area (Å²) in [5, 5.41) is 3.07. The molecular weight excluding hydrogens is 181 g/mol. The fourth-order valence-electron chi connectivity index (χ4n) is 1.18. The molecule has 0 heterocycles. The smallest absolute Gasteiger partial charge is 0.123 e. The molecule has 0 fully saturated rings. The summed E-state index contributed by atoms with van der Waals surface area (Å²) < 4.78 is 18.0. The van der Waals surface area contributed by atoms with Crippen LogP contribution in [0, 0.1) is 11.7 Å². The first-order valence-electron chi connectivity index (χ1n) is 4.75. The maximum absolute atomic E-state index is 12.5. The average molecular weight is 197 g/mol. The topological polar surface area (TPSA) is 21.3 Å². The van der Waals surface area contributed by atoms with Gasteiger partial charge in [-0.25, -0.2) is 4.39 Å². The van der Waals surface area contributed by atoms with E-state index in [0.29, 0.717) is 18.3 Å². The summed E-state index contributed by atoms with van der Waals surface area (Å²) >= 11 is 0. The molecular formula is C11H16FNO. The molecule has 1 aromatic carbocycles. The normalized spacial score (nSPS) is 12.5. The van der Waals surface area contributed by atoms with Gasteiger partial charge in [-0.3, -0.25) is 0 Å². The van der Waals surface area contributed by atoms with Crippen LogP contribution in [0.25, 0.3) is 0 Å². The molecule has 1 aromatic rings. The lowest BCUT2D eigenvalue weighted by Crippen LogP contribution is -2.21. The number of ether oxygens (including phenoxy) is 1. The van der Waals surface area contributed by atoms with Crippen molar-refractivity contribution in [2.24, 2.45) is 5.92 Å². The van der Waals surface area contributed by atoms with Crippen LogP contribution >= 0.6 is 0 Å². The first-order chi connectivity index (χ1) is 6.72. The summed E-state index contributed by atoms with van der Waals surface area (Å²) in [5.41, 5.74) is 0. The van der Waals surface area contributed by atoms with Crippen LogP contribution in [0.4, 0.5) is 4.39 Å². The van der Waals surface area contributed by atoms with Crippen LogP contribution in [0.1, 0.15) is 6.92 Å². The second-order valence-corrected chi connectivity index (χ2v) is 3.43. The average Bonchev–Trinajstić information content (AvgIpc) is 2.17. The van der Waals surface area contributed by atoms with Crippen LogP contribution < -0.4 is 10.1 Å². The van der Waals surface area contributed by atoms with E-state index in [-0.39, 0.29) is 5.82 Å². The molecule has 0 aliphatic rings. The monoisotopic (exact) mass is 197 g/mol. The molecule has 0 saturated heterocycles. The summed E-state index contributed by atoms with van der Waals surface area (Å²) in [4.78, 5) is 0. The van der Waals surface area contributed by atoms with Gasteiger partial charge in [0.15, 0.2) is 0 Å². The van der Waals surface area contributed by atoms with E-state index < -0.39 is 0 Å². The van der Waals surface area contributed by atoms with Crippen LogP contribution in [0.15, 0.2) is 24.3 Å². The van der Waals surface area contributed by atoms with Crippen molar-refractivity contribution in [1.29, 1.82) is 0 Å². The third-order valence-corrected chi connectivity index (χ3v) is 1.90. The number of hydrogen-bond donors (Lipinski definition) is 1. The van der Waals surface area contributed by atoms with Crippen LogP contribution in [0.3, 0.4) is 0 Å². The van der Waals surface area contributed by atoms with Gasteiger partial charge in [0.25, 0.3) is 0 Å². The Bertz CT molecular complexity index is 260. The van der Waals surface area contributed by atoms with Crippen molar-refractivity contribution in [2.75, 3.05) is 20.2 Å². The Morgan fingerprint density at radius 1 is 1.36 bits per heavy atom. The molecule has 3 heteroatoms. The third-order valence-electron chi connectivity index (χ3n) is 1.90. The maximum Gasteiger partial charge on any atom is 0.123 e. The first-order valence-corrected chi connectivity index (χ1v) is 4.75. The molecule has 2 nitrogen and oxygen atoms in total. The highest BCUT2D eigenvalue weighted by molar-refractivity contribution is 5.21. The van der Waals surface area contributed by atoms with Crippen LogP contribution in [-0.4, -0.2) is 20.2 Å². The van der Waals surface area contributed by atoms with E-state index in [9.17, 15) is 4.39 Å². The molecule has 14 heavy (non-hydrogen) atoms. The van der Waals surface area contributed by atoms with E-state index in [2.05, 4.69) is 12.2 Å². The lowest BCUT2D eigenvalue weighted by atomic mass is 10.2. The van der Waals surface area contributed by atoms with Crippen LogP contribution in [0.2, 0.25) is 0 Å². The lowest BCUT2D eigenvalue weighted by Gasteiger charge is -2.12. The summed E-state index contributed by atoms with van der Waals surface area (Å²) in [6, 6.07) is 6.08. The van der Waals surface area contributed by atoms with Crippen molar-refractivity contribution >= 4 is 0 Å². The molecule has 1 rings (SSSR count). The molecule has 0 aliphatic carbocycles. The van der Waals surface area contributed by atoms with Crippen molar-refractivity contribution in [2.45, 2.75) is 6.92 Å². The molecule has 78 valence electrons. The Labute approximate surface area is 84.1 Å². The molecule has 0 amide bonds. The van der Waals surface area contributed by atoms with Crippen molar-refractivity contribution < 1.29 is 9.13 Å². The lowest BCUT2D eigenvalue weighted by molar-refractivity contribution is 0.258. The number of rotatable bonds is 5. The Kier molecular flexibility index (Phi) is 4.40. The molecule has 0 spiro atoms. The molecule has 0 bridgehead atoms. The van der Waals surface area contributed by atoms with E-state index in [1.165, 1.54) is 12.1 Å². The quantitative estimate of drug-likeness (QED) is 0.780. The molecule has 1 N–H and O–H groups in total. The molecule has 0 aliphatic heterocycles. The van der Waals surface area contributed by atoms with E-state index >= 15 is 0 Å². The minimum Gasteiger partial charge on any atom is -0.493 e. The molecule has 1 atom stereocenters. The standard InChI is InChI=1S/C11H16FNO/c1-9(7-13-2)8-14-11-5-3-10(12)4-6-11/h3-6,9,13H,7-8H2,1-2H3. The molecule has 1 unspecified atom stereocenters. The molecule has 0 saturated carbocycles. The van der Waals surface area contributed by atoms with Gasteiger partial charge in [-0.1, -0.05) is 6.92 Å². The highest BCUT2D eigenvalue weighted by atomic mass is 19.1. The van der Waals surface area contributed by atoms with Crippen molar-refractivity contribution in [3.05, 3.63) is 30.1 Å². The number of hydrogen-bond acceptors (Lipinski definition) is 2. The van der Waals surface area contributed by atoms with E-state index in [0.717, 1.165) is 6.54 Å². The molecule has 0 aromatic heterocycles. The SMILES string of the molecule is CNCC(C)COc1ccc(F)cc1. The fourth-order valence-corrected chi connectivity index (χ4v) is 1.18. The number of benzene rings is 1. The van der Waals surface area contributed by atoms with Gasteiger partial charge in [0, 0.05) is 12.5 Å². The summed E-state index contributed by atoms with van der Waals surface area (Å²) in [5.74, 6) is 0.931. The Balaban J connectivity index is 2.34. The highest BCUT2D eigenvalue weighted by Crippen LogP contribution is 2.11. The third kappa shape index (κ3) is 3.75. The Morgan fingerprint density at radius 3 is 2.57 bits per heavy atom. The predicted molar refractivity (Wildman–Crippen MR) is 55.0 cm³/mol. The summed E-state index contributed by atoms with van der Waals surface area (Å²) in [6.07, 6.45) is 0. The van der Waals surface area contributed by atoms with Gasteiger partial charge in [0.2, 0.25) is 0 Å². The fraction of sp³-hybridized carbons (Fsp3) is 0.455. The van der Waals surface area contributed by atoms with Gasteiger partial charge in [0.1, 0.15) is 11.6 Å². The second-order valence-electron chi connectivity index (χ2n) is 3.43. The van der Waals surface area contributed by atoms with Gasteiger partial charge >= 0.3 is 0 Å². The van der Waals surface area contributed by atoms with Gasteiger partial charge < -0.3 is 10.1 Å². The van der Waals surface area contributed by atoms with Gasteiger partial charge in [-0.2, -0.15) is 0 Å². The maximum atomic E-state index is 12.5. The molecule has 0 radical (unpaired) electrons. The zero-order valence-electron chi connectivity index (χ0n) is 8.59. The Hall–Kier alpha value is -1.09. The van der Waals surface area contributed by atoms with Crippen LogP contribution in [0.5, 0.6) is 5.75 Å². The van der Waals surface area contributed by atoms with Crippen molar-refractivity contribution in [3.8, 4) is 5.75 Å². The Morgan fingerprint density at radius 2 is 2.00 bits per heavy atom. The zero-order chi connectivity index (χ0) is 10.4. The number of nitrogens with one attached hydrogen (secondary N) is 1. The zero-order valence-corrected chi connectivity index (χ0v) is 8.59. The van der Waals surface area contributed by atoms with E-state index in [4.69, 9.17) is 4.74 Å². The minimum atomic E-state index is -0.236. The van der Waals surface area contributed by atoms with Crippen molar-refractivity contribution in [1.82, 2.24) is 5.32 Å². The van der Waals surface area contributed by atoms with Gasteiger partial charge in [0.05, 0.1) is 6.61 Å². The van der Waals surface area contributed by atoms with E-state index in [1.54, 1.807) is 12.1 Å². The number of halogens is 1. The van der Waals surface area contributed by atoms with E-state index in [1.807, 2.05) is 7.05 Å². The summed E-state index contributed by atoms with van der Waals surface area (Å²) in [6.45, 7) is 3.66.